The van der Waals surface area contributed by atoms with Crippen LogP contribution in [0.25, 0.3) is 0 Å². The van der Waals surface area contributed by atoms with Gasteiger partial charge in [0, 0.05) is 6.04 Å². The second-order valence-corrected chi connectivity index (χ2v) is 5.72. The molecular weight excluding hydrogens is 206 g/mol. The molecule has 1 aromatic rings. The number of hydrogen-bond donors (Lipinski definition) is 1. The Balaban J connectivity index is 2.35. The van der Waals surface area contributed by atoms with E-state index in [1.54, 1.807) is 5.56 Å². The van der Waals surface area contributed by atoms with Crippen molar-refractivity contribution in [1.29, 1.82) is 0 Å². The highest BCUT2D eigenvalue weighted by Gasteiger charge is 2.40. The van der Waals surface area contributed by atoms with Crippen molar-refractivity contribution in [3.8, 4) is 0 Å². The summed E-state index contributed by atoms with van der Waals surface area (Å²) in [7, 11) is 0. The molecule has 1 heteroatoms. The van der Waals surface area contributed by atoms with Gasteiger partial charge in [-0.05, 0) is 62.3 Å². The molecule has 1 nitrogen and oxygen atoms in total. The molecular formula is C16H25N. The molecule has 0 aromatic heterocycles. The van der Waals surface area contributed by atoms with Crippen LogP contribution in [-0.4, -0.2) is 6.54 Å². The fourth-order valence-electron chi connectivity index (χ4n) is 3.18. The molecule has 0 radical (unpaired) electrons. The van der Waals surface area contributed by atoms with Gasteiger partial charge in [-0.2, -0.15) is 0 Å². The third kappa shape index (κ3) is 2.55. The summed E-state index contributed by atoms with van der Waals surface area (Å²) in [5.41, 5.74) is 5.83. The topological polar surface area (TPSA) is 12.0 Å². The van der Waals surface area contributed by atoms with E-state index in [0.717, 1.165) is 18.4 Å². The Morgan fingerprint density at radius 2 is 1.76 bits per heavy atom. The zero-order valence-corrected chi connectivity index (χ0v) is 11.8. The van der Waals surface area contributed by atoms with Gasteiger partial charge in [-0.15, -0.1) is 0 Å². The largest absolute Gasteiger partial charge is 0.310 e. The second-order valence-electron chi connectivity index (χ2n) is 5.72. The molecule has 1 fully saturated rings. The van der Waals surface area contributed by atoms with Crippen LogP contribution in [0.15, 0.2) is 12.1 Å². The minimum Gasteiger partial charge on any atom is -0.310 e. The summed E-state index contributed by atoms with van der Waals surface area (Å²) >= 11 is 0. The number of aryl methyl sites for hydroxylation is 3. The SMILES string of the molecule is CCNC(c1c(C)cc(C)cc1C)C1CC1C. The van der Waals surface area contributed by atoms with E-state index < -0.39 is 0 Å². The maximum absolute atomic E-state index is 3.69. The van der Waals surface area contributed by atoms with Crippen LogP contribution in [-0.2, 0) is 0 Å². The van der Waals surface area contributed by atoms with E-state index >= 15 is 0 Å². The van der Waals surface area contributed by atoms with Crippen LogP contribution in [0.4, 0.5) is 0 Å². The Morgan fingerprint density at radius 3 is 2.18 bits per heavy atom. The average Bonchev–Trinajstić information content (AvgIpc) is 2.92. The Kier molecular flexibility index (Phi) is 3.58. The lowest BCUT2D eigenvalue weighted by molar-refractivity contribution is 0.472. The monoisotopic (exact) mass is 231 g/mol. The van der Waals surface area contributed by atoms with Crippen molar-refractivity contribution in [2.45, 2.75) is 47.1 Å². The minimum atomic E-state index is 0.565. The van der Waals surface area contributed by atoms with Crippen LogP contribution in [0.3, 0.4) is 0 Å². The average molecular weight is 231 g/mol. The van der Waals surface area contributed by atoms with Gasteiger partial charge in [0.1, 0.15) is 0 Å². The predicted octanol–water partition coefficient (Wildman–Crippen LogP) is 3.92. The van der Waals surface area contributed by atoms with Crippen molar-refractivity contribution in [2.75, 3.05) is 6.54 Å². The molecule has 94 valence electrons. The Labute approximate surface area is 106 Å². The lowest BCUT2D eigenvalue weighted by atomic mass is 9.91. The normalized spacial score (nSPS) is 24.8. The minimum absolute atomic E-state index is 0.565. The predicted molar refractivity (Wildman–Crippen MR) is 74.3 cm³/mol. The van der Waals surface area contributed by atoms with Crippen molar-refractivity contribution in [3.05, 3.63) is 34.4 Å². The maximum atomic E-state index is 3.69. The molecule has 1 aliphatic carbocycles. The summed E-state index contributed by atoms with van der Waals surface area (Å²) in [6, 6.07) is 5.20. The van der Waals surface area contributed by atoms with Crippen LogP contribution in [0.5, 0.6) is 0 Å². The van der Waals surface area contributed by atoms with Gasteiger partial charge in [-0.3, -0.25) is 0 Å². The maximum Gasteiger partial charge on any atom is 0.0356 e. The molecule has 0 heterocycles. The van der Waals surface area contributed by atoms with Gasteiger partial charge < -0.3 is 5.32 Å². The van der Waals surface area contributed by atoms with Crippen LogP contribution in [0.1, 0.15) is 48.6 Å². The van der Waals surface area contributed by atoms with Gasteiger partial charge in [-0.25, -0.2) is 0 Å². The molecule has 1 aromatic carbocycles. The first-order valence-corrected chi connectivity index (χ1v) is 6.85. The first kappa shape index (κ1) is 12.6. The number of hydrogen-bond acceptors (Lipinski definition) is 1. The first-order chi connectivity index (χ1) is 8.04. The summed E-state index contributed by atoms with van der Waals surface area (Å²) < 4.78 is 0. The quantitative estimate of drug-likeness (QED) is 0.828. The number of benzene rings is 1. The summed E-state index contributed by atoms with van der Waals surface area (Å²) in [6.07, 6.45) is 1.38. The molecule has 1 saturated carbocycles. The van der Waals surface area contributed by atoms with Crippen molar-refractivity contribution in [2.24, 2.45) is 11.8 Å². The van der Waals surface area contributed by atoms with Gasteiger partial charge >= 0.3 is 0 Å². The first-order valence-electron chi connectivity index (χ1n) is 6.85. The van der Waals surface area contributed by atoms with Gasteiger partial charge in [0.05, 0.1) is 0 Å². The highest BCUT2D eigenvalue weighted by atomic mass is 14.9. The third-order valence-corrected chi connectivity index (χ3v) is 4.07. The molecule has 2 rings (SSSR count). The lowest BCUT2D eigenvalue weighted by Crippen LogP contribution is -2.25. The van der Waals surface area contributed by atoms with Crippen LogP contribution < -0.4 is 5.32 Å². The van der Waals surface area contributed by atoms with Crippen LogP contribution in [0, 0.1) is 32.6 Å². The van der Waals surface area contributed by atoms with Crippen molar-refractivity contribution >= 4 is 0 Å². The van der Waals surface area contributed by atoms with Crippen molar-refractivity contribution in [1.82, 2.24) is 5.32 Å². The fourth-order valence-corrected chi connectivity index (χ4v) is 3.18. The molecule has 17 heavy (non-hydrogen) atoms. The van der Waals surface area contributed by atoms with E-state index in [1.807, 2.05) is 0 Å². The highest BCUT2D eigenvalue weighted by Crippen LogP contribution is 2.48. The summed E-state index contributed by atoms with van der Waals surface area (Å²) in [6.45, 7) is 12.3. The second kappa shape index (κ2) is 4.81. The fraction of sp³-hybridized carbons (Fsp3) is 0.625. The molecule has 0 amide bonds. The van der Waals surface area contributed by atoms with E-state index in [4.69, 9.17) is 0 Å². The molecule has 3 unspecified atom stereocenters. The van der Waals surface area contributed by atoms with E-state index in [9.17, 15) is 0 Å². The van der Waals surface area contributed by atoms with Gasteiger partial charge in [0.15, 0.2) is 0 Å². The zero-order chi connectivity index (χ0) is 12.6. The lowest BCUT2D eigenvalue weighted by Gasteiger charge is -2.23. The van der Waals surface area contributed by atoms with E-state index in [-0.39, 0.29) is 0 Å². The standard InChI is InChI=1S/C16H25N/c1-6-17-16(14-9-11(14)3)15-12(4)7-10(2)8-13(15)5/h7-8,11,14,16-17H,6,9H2,1-5H3. The number of nitrogens with one attached hydrogen (secondary N) is 1. The molecule has 0 aliphatic heterocycles. The molecule has 1 N–H and O–H groups in total. The zero-order valence-electron chi connectivity index (χ0n) is 11.8. The molecule has 3 atom stereocenters. The highest BCUT2D eigenvalue weighted by molar-refractivity contribution is 5.40. The summed E-state index contributed by atoms with van der Waals surface area (Å²) in [4.78, 5) is 0. The van der Waals surface area contributed by atoms with Gasteiger partial charge in [-0.1, -0.05) is 31.5 Å². The van der Waals surface area contributed by atoms with E-state index in [2.05, 4.69) is 52.1 Å². The molecule has 0 saturated heterocycles. The molecule has 0 spiro atoms. The van der Waals surface area contributed by atoms with Crippen LogP contribution >= 0.6 is 0 Å². The smallest absolute Gasteiger partial charge is 0.0356 e. The van der Waals surface area contributed by atoms with Crippen molar-refractivity contribution in [3.63, 3.8) is 0 Å². The van der Waals surface area contributed by atoms with Gasteiger partial charge in [0.25, 0.3) is 0 Å². The van der Waals surface area contributed by atoms with E-state index in [0.29, 0.717) is 6.04 Å². The Bertz CT molecular complexity index is 385. The summed E-state index contributed by atoms with van der Waals surface area (Å²) in [5.74, 6) is 1.73. The van der Waals surface area contributed by atoms with Crippen LogP contribution in [0.2, 0.25) is 0 Å². The van der Waals surface area contributed by atoms with Crippen molar-refractivity contribution < 1.29 is 0 Å². The Hall–Kier alpha value is -0.820. The molecule has 1 aliphatic rings. The van der Waals surface area contributed by atoms with Gasteiger partial charge in [0.2, 0.25) is 0 Å². The Morgan fingerprint density at radius 1 is 1.24 bits per heavy atom. The number of rotatable bonds is 4. The summed E-state index contributed by atoms with van der Waals surface area (Å²) in [5, 5.41) is 3.69. The third-order valence-electron chi connectivity index (χ3n) is 4.07. The molecule has 0 bridgehead atoms. The van der Waals surface area contributed by atoms with E-state index in [1.165, 1.54) is 23.1 Å².